The van der Waals surface area contributed by atoms with Gasteiger partial charge in [0.2, 0.25) is 10.0 Å². The number of hydrogen-bond donors (Lipinski definition) is 2. The molecule has 1 heterocycles. The van der Waals surface area contributed by atoms with Gasteiger partial charge in [-0.3, -0.25) is 0 Å². The minimum atomic E-state index is -3.18. The van der Waals surface area contributed by atoms with E-state index in [1.165, 1.54) is 22.5 Å². The maximum Gasteiger partial charge on any atom is 0.214 e. The lowest BCUT2D eigenvalue weighted by atomic mass is 9.86. The van der Waals surface area contributed by atoms with Crippen molar-refractivity contribution < 1.29 is 13.2 Å². The Kier molecular flexibility index (Phi) is 7.92. The molecule has 0 unspecified atom stereocenters. The molecule has 0 spiro atoms. The monoisotopic (exact) mass is 451 g/mol. The average Bonchev–Trinajstić information content (AvgIpc) is 2.69. The molecule has 0 bridgehead atoms. The largest absolute Gasteiger partial charge is 0.385 e. The second kappa shape index (κ2) is 10.1. The van der Waals surface area contributed by atoms with Crippen LogP contribution >= 0.6 is 0 Å². The van der Waals surface area contributed by atoms with E-state index in [1.807, 2.05) is 0 Å². The van der Waals surface area contributed by atoms with E-state index in [0.29, 0.717) is 5.92 Å². The molecule has 0 radical (unpaired) electrons. The topological polar surface area (TPSA) is 70.7 Å². The minimum absolute atomic E-state index is 0.0882. The van der Waals surface area contributed by atoms with Crippen LogP contribution in [0.15, 0.2) is 12.1 Å². The van der Waals surface area contributed by atoms with Crippen LogP contribution in [0, 0.1) is 19.8 Å². The number of hydrogen-bond acceptors (Lipinski definition) is 5. The highest BCUT2D eigenvalue weighted by Crippen LogP contribution is 2.32. The van der Waals surface area contributed by atoms with Crippen molar-refractivity contribution in [2.24, 2.45) is 5.92 Å². The third-order valence-corrected chi connectivity index (χ3v) is 8.80. The second-order valence-corrected chi connectivity index (χ2v) is 12.1. The zero-order valence-electron chi connectivity index (χ0n) is 20.1. The highest BCUT2D eigenvalue weighted by atomic mass is 32.2. The standard InChI is InChI=1S/C24H41N3O3S/c1-16(2)31(28,29)26-22-9-7-21(8-10-22)13-25-23-11-12-24(20(6)19(23)5)27-14-17(3)30-18(4)15-27/h11-12,16-18,21-22,25-26H,7-10,13-15H2,1-6H3/t17-,18+,21-,22-. The van der Waals surface area contributed by atoms with Crippen molar-refractivity contribution in [2.45, 2.75) is 90.7 Å². The molecule has 1 aliphatic carbocycles. The molecular formula is C24H41N3O3S. The van der Waals surface area contributed by atoms with Gasteiger partial charge < -0.3 is 15.0 Å². The minimum Gasteiger partial charge on any atom is -0.385 e. The molecule has 0 aromatic heterocycles. The molecule has 7 heteroatoms. The molecule has 2 N–H and O–H groups in total. The molecule has 1 aliphatic heterocycles. The van der Waals surface area contributed by atoms with E-state index < -0.39 is 10.0 Å². The van der Waals surface area contributed by atoms with E-state index in [1.54, 1.807) is 13.8 Å². The van der Waals surface area contributed by atoms with Crippen LogP contribution in [0.2, 0.25) is 0 Å². The van der Waals surface area contributed by atoms with Crippen molar-refractivity contribution in [1.29, 1.82) is 0 Å². The Labute approximate surface area is 189 Å². The summed E-state index contributed by atoms with van der Waals surface area (Å²) in [5.41, 5.74) is 5.15. The van der Waals surface area contributed by atoms with Crippen LogP contribution in [0.1, 0.15) is 64.5 Å². The maximum atomic E-state index is 12.1. The predicted octanol–water partition coefficient (Wildman–Crippen LogP) is 4.22. The molecule has 1 saturated heterocycles. The van der Waals surface area contributed by atoms with Crippen molar-refractivity contribution in [3.05, 3.63) is 23.3 Å². The van der Waals surface area contributed by atoms with Gasteiger partial charge in [-0.05, 0) is 96.4 Å². The molecule has 1 aromatic rings. The van der Waals surface area contributed by atoms with Crippen molar-refractivity contribution in [1.82, 2.24) is 4.72 Å². The summed E-state index contributed by atoms with van der Waals surface area (Å²) < 4.78 is 33.0. The molecule has 176 valence electrons. The van der Waals surface area contributed by atoms with Gasteiger partial charge in [-0.15, -0.1) is 0 Å². The first-order valence-corrected chi connectivity index (χ1v) is 13.4. The number of sulfonamides is 1. The molecule has 1 saturated carbocycles. The molecule has 2 atom stereocenters. The lowest BCUT2D eigenvalue weighted by molar-refractivity contribution is -0.00524. The summed E-state index contributed by atoms with van der Waals surface area (Å²) in [6, 6.07) is 4.54. The van der Waals surface area contributed by atoms with E-state index in [-0.39, 0.29) is 23.5 Å². The van der Waals surface area contributed by atoms with Gasteiger partial charge in [-0.25, -0.2) is 13.1 Å². The Balaban J connectivity index is 1.54. The zero-order chi connectivity index (χ0) is 22.8. The van der Waals surface area contributed by atoms with Crippen LogP contribution in [0.25, 0.3) is 0 Å². The van der Waals surface area contributed by atoms with Gasteiger partial charge >= 0.3 is 0 Å². The van der Waals surface area contributed by atoms with Crippen LogP contribution in [0.5, 0.6) is 0 Å². The number of nitrogens with one attached hydrogen (secondary N) is 2. The molecule has 31 heavy (non-hydrogen) atoms. The van der Waals surface area contributed by atoms with Crippen molar-refractivity contribution in [2.75, 3.05) is 29.9 Å². The van der Waals surface area contributed by atoms with Crippen molar-refractivity contribution in [3.8, 4) is 0 Å². The molecule has 3 rings (SSSR count). The third kappa shape index (κ3) is 6.14. The third-order valence-electron chi connectivity index (χ3n) is 6.90. The number of rotatable bonds is 7. The average molecular weight is 452 g/mol. The summed E-state index contributed by atoms with van der Waals surface area (Å²) in [5, 5.41) is 3.30. The van der Waals surface area contributed by atoms with Gasteiger partial charge in [0, 0.05) is 37.1 Å². The summed E-state index contributed by atoms with van der Waals surface area (Å²) in [6.07, 6.45) is 4.45. The van der Waals surface area contributed by atoms with Crippen LogP contribution < -0.4 is 14.9 Å². The van der Waals surface area contributed by atoms with Crippen molar-refractivity contribution >= 4 is 21.4 Å². The van der Waals surface area contributed by atoms with E-state index in [2.05, 4.69) is 54.8 Å². The summed E-state index contributed by atoms with van der Waals surface area (Å²) in [7, 11) is -3.18. The van der Waals surface area contributed by atoms with Gasteiger partial charge in [0.15, 0.2) is 0 Å². The lowest BCUT2D eigenvalue weighted by Crippen LogP contribution is -2.45. The number of morpholine rings is 1. The quantitative estimate of drug-likeness (QED) is 0.650. The Morgan fingerprint density at radius 2 is 1.65 bits per heavy atom. The predicted molar refractivity (Wildman–Crippen MR) is 130 cm³/mol. The fourth-order valence-corrected chi connectivity index (χ4v) is 5.79. The first kappa shape index (κ1) is 24.3. The van der Waals surface area contributed by atoms with Crippen molar-refractivity contribution in [3.63, 3.8) is 0 Å². The Bertz CT molecular complexity index is 838. The van der Waals surface area contributed by atoms with E-state index >= 15 is 0 Å². The summed E-state index contributed by atoms with van der Waals surface area (Å²) in [6.45, 7) is 15.0. The maximum absolute atomic E-state index is 12.1. The van der Waals surface area contributed by atoms with Gasteiger partial charge in [0.05, 0.1) is 17.5 Å². The van der Waals surface area contributed by atoms with Gasteiger partial charge in [0.1, 0.15) is 0 Å². The molecular weight excluding hydrogens is 410 g/mol. The molecule has 6 nitrogen and oxygen atoms in total. The van der Waals surface area contributed by atoms with Gasteiger partial charge in [-0.1, -0.05) is 0 Å². The first-order valence-electron chi connectivity index (χ1n) is 11.8. The highest BCUT2D eigenvalue weighted by Gasteiger charge is 2.27. The number of anilines is 2. The molecule has 2 fully saturated rings. The molecule has 0 amide bonds. The smallest absolute Gasteiger partial charge is 0.214 e. The summed E-state index contributed by atoms with van der Waals surface area (Å²) >= 11 is 0. The van der Waals surface area contributed by atoms with E-state index in [4.69, 9.17) is 4.74 Å². The summed E-state index contributed by atoms with van der Waals surface area (Å²) in [5.74, 6) is 0.583. The fourth-order valence-electron chi connectivity index (χ4n) is 4.82. The zero-order valence-corrected chi connectivity index (χ0v) is 20.9. The molecule has 1 aromatic carbocycles. The van der Waals surface area contributed by atoms with E-state index in [0.717, 1.165) is 45.3 Å². The summed E-state index contributed by atoms with van der Waals surface area (Å²) in [4.78, 5) is 2.45. The molecule has 2 aliphatic rings. The van der Waals surface area contributed by atoms with Crippen LogP contribution in [-0.2, 0) is 14.8 Å². The Hall–Kier alpha value is -1.31. The van der Waals surface area contributed by atoms with Crippen LogP contribution in [0.3, 0.4) is 0 Å². The lowest BCUT2D eigenvalue weighted by Gasteiger charge is -2.38. The number of benzene rings is 1. The fraction of sp³-hybridized carbons (Fsp3) is 0.750. The Morgan fingerprint density at radius 3 is 2.23 bits per heavy atom. The van der Waals surface area contributed by atoms with E-state index in [9.17, 15) is 8.42 Å². The van der Waals surface area contributed by atoms with Crippen LogP contribution in [-0.4, -0.2) is 51.6 Å². The second-order valence-electron chi connectivity index (χ2n) is 9.85. The van der Waals surface area contributed by atoms with Crippen LogP contribution in [0.4, 0.5) is 11.4 Å². The normalized spacial score (nSPS) is 27.5. The number of nitrogens with zero attached hydrogens (tertiary/aromatic N) is 1. The number of ether oxygens (including phenoxy) is 1. The highest BCUT2D eigenvalue weighted by molar-refractivity contribution is 7.90. The van der Waals surface area contributed by atoms with Gasteiger partial charge in [0.25, 0.3) is 0 Å². The van der Waals surface area contributed by atoms with Gasteiger partial charge in [-0.2, -0.15) is 0 Å². The Morgan fingerprint density at radius 1 is 1.03 bits per heavy atom. The first-order chi connectivity index (χ1) is 14.6. The SMILES string of the molecule is Cc1c(NC[C@H]2CC[C@H](NS(=O)(=O)C(C)C)CC2)ccc(N2C[C@@H](C)O[C@@H](C)C2)c1C.